The van der Waals surface area contributed by atoms with E-state index in [1.54, 1.807) is 0 Å². The van der Waals surface area contributed by atoms with Gasteiger partial charge in [-0.3, -0.25) is 14.6 Å². The van der Waals surface area contributed by atoms with Crippen molar-refractivity contribution in [2.45, 2.75) is 17.9 Å². The Balaban J connectivity index is 1.25. The summed E-state index contributed by atoms with van der Waals surface area (Å²) in [5.41, 5.74) is 1.28. The summed E-state index contributed by atoms with van der Waals surface area (Å²) in [6.45, 7) is 6.22. The number of amides is 1. The molecule has 0 radical (unpaired) electrons. The number of benzene rings is 2. The Morgan fingerprint density at radius 2 is 1.45 bits per heavy atom. The molecule has 0 N–H and O–H groups in total. The molecule has 7 nitrogen and oxygen atoms in total. The van der Waals surface area contributed by atoms with Gasteiger partial charge in [-0.2, -0.15) is 4.31 Å². The molecule has 0 spiro atoms. The van der Waals surface area contributed by atoms with Crippen LogP contribution in [0.2, 0.25) is 0 Å². The highest BCUT2D eigenvalue weighted by molar-refractivity contribution is 7.89. The van der Waals surface area contributed by atoms with Crippen molar-refractivity contribution in [2.24, 2.45) is 0 Å². The smallest absolute Gasteiger partial charge is 0.243 e. The first kappa shape index (κ1) is 23.8. The van der Waals surface area contributed by atoms with Crippen LogP contribution < -0.4 is 0 Å². The molecule has 2 aromatic carbocycles. The van der Waals surface area contributed by atoms with Crippen molar-refractivity contribution in [3.8, 4) is 0 Å². The number of carbonyl (C=O) groups is 1. The van der Waals surface area contributed by atoms with Crippen LogP contribution in [0.15, 0.2) is 59.5 Å². The van der Waals surface area contributed by atoms with Crippen molar-refractivity contribution in [3.63, 3.8) is 0 Å². The van der Waals surface area contributed by atoms with Crippen LogP contribution in [0.4, 0.5) is 4.39 Å². The zero-order valence-electron chi connectivity index (χ0n) is 18.8. The third kappa shape index (κ3) is 6.17. The summed E-state index contributed by atoms with van der Waals surface area (Å²) >= 11 is 0. The average molecular weight is 475 g/mol. The normalized spacial score (nSPS) is 19.4. The monoisotopic (exact) mass is 474 g/mol. The second-order valence-corrected chi connectivity index (χ2v) is 10.6. The first-order valence-electron chi connectivity index (χ1n) is 11.4. The third-order valence-corrected chi connectivity index (χ3v) is 8.24. The van der Waals surface area contributed by atoms with Crippen LogP contribution in [0.3, 0.4) is 0 Å². The zero-order chi connectivity index (χ0) is 23.3. The first-order valence-corrected chi connectivity index (χ1v) is 12.9. The number of carbonyl (C=O) groups excluding carboxylic acids is 1. The van der Waals surface area contributed by atoms with Gasteiger partial charge in [0.05, 0.1) is 11.4 Å². The maximum atomic E-state index is 13.2. The van der Waals surface area contributed by atoms with E-state index in [2.05, 4.69) is 17.0 Å². The van der Waals surface area contributed by atoms with E-state index in [4.69, 9.17) is 0 Å². The van der Waals surface area contributed by atoms with Gasteiger partial charge in [0.15, 0.2) is 0 Å². The molecular formula is C24H31FN4O3S. The summed E-state index contributed by atoms with van der Waals surface area (Å²) in [7, 11) is -3.67. The lowest BCUT2D eigenvalue weighted by molar-refractivity contribution is -0.134. The molecular weight excluding hydrogens is 443 g/mol. The van der Waals surface area contributed by atoms with Crippen LogP contribution in [-0.4, -0.2) is 92.2 Å². The van der Waals surface area contributed by atoms with Gasteiger partial charge in [-0.25, -0.2) is 12.8 Å². The van der Waals surface area contributed by atoms with E-state index in [0.717, 1.165) is 31.8 Å². The minimum atomic E-state index is -3.67. The van der Waals surface area contributed by atoms with Gasteiger partial charge in [-0.05, 0) is 42.8 Å². The predicted octanol–water partition coefficient (Wildman–Crippen LogP) is 1.87. The van der Waals surface area contributed by atoms with Gasteiger partial charge in [-0.15, -0.1) is 0 Å². The Labute approximate surface area is 195 Å². The maximum Gasteiger partial charge on any atom is 0.243 e. The lowest BCUT2D eigenvalue weighted by atomic mass is 10.2. The Bertz CT molecular complexity index is 1030. The minimum Gasteiger partial charge on any atom is -0.339 e. The van der Waals surface area contributed by atoms with Crippen LogP contribution in [0.25, 0.3) is 0 Å². The van der Waals surface area contributed by atoms with Crippen LogP contribution in [0, 0.1) is 5.82 Å². The number of halogens is 1. The molecule has 2 aromatic rings. The van der Waals surface area contributed by atoms with Crippen molar-refractivity contribution in [1.82, 2.24) is 19.0 Å². The third-order valence-electron chi connectivity index (χ3n) is 6.33. The minimum absolute atomic E-state index is 0.0989. The molecule has 2 fully saturated rings. The van der Waals surface area contributed by atoms with E-state index in [1.165, 1.54) is 22.0 Å². The first-order chi connectivity index (χ1) is 15.9. The van der Waals surface area contributed by atoms with E-state index >= 15 is 0 Å². The summed E-state index contributed by atoms with van der Waals surface area (Å²) in [5, 5.41) is 0. The molecule has 178 valence electrons. The predicted molar refractivity (Wildman–Crippen MR) is 125 cm³/mol. The number of rotatable bonds is 6. The largest absolute Gasteiger partial charge is 0.339 e. The van der Waals surface area contributed by atoms with Crippen LogP contribution in [0.5, 0.6) is 0 Å². The number of hydrogen-bond acceptors (Lipinski definition) is 5. The van der Waals surface area contributed by atoms with Crippen molar-refractivity contribution in [2.75, 3.05) is 58.9 Å². The maximum absolute atomic E-state index is 13.2. The fourth-order valence-electron chi connectivity index (χ4n) is 4.39. The molecule has 33 heavy (non-hydrogen) atoms. The number of piperazine rings is 1. The summed E-state index contributed by atoms with van der Waals surface area (Å²) in [5.74, 6) is -0.361. The molecule has 2 saturated heterocycles. The van der Waals surface area contributed by atoms with Crippen molar-refractivity contribution >= 4 is 15.9 Å². The van der Waals surface area contributed by atoms with Crippen molar-refractivity contribution < 1.29 is 17.6 Å². The van der Waals surface area contributed by atoms with Crippen LogP contribution in [-0.2, 0) is 21.4 Å². The van der Waals surface area contributed by atoms with Gasteiger partial charge in [0.1, 0.15) is 5.82 Å². The summed E-state index contributed by atoms with van der Waals surface area (Å²) in [4.78, 5) is 19.3. The Morgan fingerprint density at radius 1 is 0.788 bits per heavy atom. The number of sulfonamides is 1. The highest BCUT2D eigenvalue weighted by Gasteiger charge is 2.28. The van der Waals surface area contributed by atoms with E-state index < -0.39 is 15.8 Å². The topological polar surface area (TPSA) is 64.2 Å². The lowest BCUT2D eigenvalue weighted by Crippen LogP contribution is -2.51. The second kappa shape index (κ2) is 10.7. The Morgan fingerprint density at radius 3 is 2.15 bits per heavy atom. The molecule has 4 rings (SSSR count). The summed E-state index contributed by atoms with van der Waals surface area (Å²) in [6, 6.07) is 15.3. The van der Waals surface area contributed by atoms with Gasteiger partial charge in [0, 0.05) is 52.4 Å². The molecule has 0 unspecified atom stereocenters. The van der Waals surface area contributed by atoms with Gasteiger partial charge < -0.3 is 4.90 Å². The highest BCUT2D eigenvalue weighted by atomic mass is 32.2. The molecule has 0 bridgehead atoms. The zero-order valence-corrected chi connectivity index (χ0v) is 19.6. The van der Waals surface area contributed by atoms with E-state index in [1.807, 2.05) is 28.0 Å². The average Bonchev–Trinajstić information content (AvgIpc) is 3.07. The second-order valence-electron chi connectivity index (χ2n) is 8.63. The highest BCUT2D eigenvalue weighted by Crippen LogP contribution is 2.18. The van der Waals surface area contributed by atoms with Crippen molar-refractivity contribution in [3.05, 3.63) is 66.0 Å². The molecule has 9 heteroatoms. The van der Waals surface area contributed by atoms with E-state index in [0.29, 0.717) is 52.2 Å². The molecule has 0 aromatic heterocycles. The van der Waals surface area contributed by atoms with E-state index in [9.17, 15) is 17.6 Å². The fraction of sp³-hybridized carbons (Fsp3) is 0.458. The van der Waals surface area contributed by atoms with Gasteiger partial charge >= 0.3 is 0 Å². The SMILES string of the molecule is O=C(CN1CCCN(S(=O)(=O)c2ccc(F)cc2)CC1)N1CCN(Cc2ccccc2)CC1. The Hall–Kier alpha value is -2.33. The van der Waals surface area contributed by atoms with Gasteiger partial charge in [-0.1, -0.05) is 30.3 Å². The Kier molecular flexibility index (Phi) is 7.75. The van der Waals surface area contributed by atoms with E-state index in [-0.39, 0.29) is 10.8 Å². The molecule has 0 atom stereocenters. The molecule has 2 aliphatic heterocycles. The molecule has 2 aliphatic rings. The summed E-state index contributed by atoms with van der Waals surface area (Å²) < 4.78 is 40.4. The van der Waals surface area contributed by atoms with Gasteiger partial charge in [0.2, 0.25) is 15.9 Å². The van der Waals surface area contributed by atoms with Gasteiger partial charge in [0.25, 0.3) is 0 Å². The van der Waals surface area contributed by atoms with Crippen LogP contribution in [0.1, 0.15) is 12.0 Å². The lowest BCUT2D eigenvalue weighted by Gasteiger charge is -2.35. The number of hydrogen-bond donors (Lipinski definition) is 0. The molecule has 2 heterocycles. The summed E-state index contributed by atoms with van der Waals surface area (Å²) in [6.07, 6.45) is 0.651. The molecule has 1 amide bonds. The molecule has 0 saturated carbocycles. The van der Waals surface area contributed by atoms with Crippen molar-refractivity contribution in [1.29, 1.82) is 0 Å². The molecule has 0 aliphatic carbocycles. The fourth-order valence-corrected chi connectivity index (χ4v) is 5.86. The standard InChI is InChI=1S/C24H31FN4O3S/c25-22-7-9-23(10-8-22)33(31,32)29-12-4-11-26(15-18-29)20-24(30)28-16-13-27(14-17-28)19-21-5-2-1-3-6-21/h1-3,5-10H,4,11-20H2. The number of nitrogens with zero attached hydrogens (tertiary/aromatic N) is 4. The van der Waals surface area contributed by atoms with Crippen LogP contribution >= 0.6 is 0 Å². The quantitative estimate of drug-likeness (QED) is 0.640.